The minimum absolute atomic E-state index is 0.366. The van der Waals surface area contributed by atoms with Crippen LogP contribution in [0.3, 0.4) is 0 Å². The van der Waals surface area contributed by atoms with Crippen LogP contribution < -0.4 is 22.2 Å². The molecular formula is C13H21BN4O2. The molecule has 4 N–H and O–H groups in total. The summed E-state index contributed by atoms with van der Waals surface area (Å²) in [6, 6.07) is 7.58. The smallest absolute Gasteiger partial charge is 0.399 e. The molecule has 0 aromatic heterocycles. The first-order valence-electron chi connectivity index (χ1n) is 6.50. The lowest BCUT2D eigenvalue weighted by Crippen LogP contribution is -2.41. The quantitative estimate of drug-likeness (QED) is 0.277. The lowest BCUT2D eigenvalue weighted by molar-refractivity contribution is 0.00578. The monoisotopic (exact) mass is 276 g/mol. The van der Waals surface area contributed by atoms with Gasteiger partial charge >= 0.3 is 7.12 Å². The van der Waals surface area contributed by atoms with Crippen LogP contribution in [0.5, 0.6) is 0 Å². The molecule has 0 bridgehead atoms. The summed E-state index contributed by atoms with van der Waals surface area (Å²) in [5, 5.41) is 4.74. The summed E-state index contributed by atoms with van der Waals surface area (Å²) >= 11 is 0. The molecule has 0 unspecified atom stereocenters. The number of hydrazine groups is 1. The number of anilines is 1. The highest BCUT2D eigenvalue weighted by molar-refractivity contribution is 6.62. The maximum Gasteiger partial charge on any atom is 0.494 e. The Bertz CT molecular complexity index is 503. The fraction of sp³-hybridized carbons (Fsp3) is 0.462. The van der Waals surface area contributed by atoms with Crippen molar-refractivity contribution in [1.82, 2.24) is 0 Å². The molecule has 7 heteroatoms. The Morgan fingerprint density at radius 2 is 1.80 bits per heavy atom. The van der Waals surface area contributed by atoms with Gasteiger partial charge in [-0.15, -0.1) is 0 Å². The van der Waals surface area contributed by atoms with Gasteiger partial charge in [0.1, 0.15) is 6.34 Å². The van der Waals surface area contributed by atoms with Gasteiger partial charge in [-0.2, -0.15) is 5.10 Å². The largest absolute Gasteiger partial charge is 0.494 e. The lowest BCUT2D eigenvalue weighted by Gasteiger charge is -2.32. The van der Waals surface area contributed by atoms with Crippen LogP contribution in [0.15, 0.2) is 29.4 Å². The van der Waals surface area contributed by atoms with Gasteiger partial charge in [0.25, 0.3) is 0 Å². The summed E-state index contributed by atoms with van der Waals surface area (Å²) in [7, 11) is -0.414. The number of hydrogen-bond donors (Lipinski definition) is 2. The molecule has 0 radical (unpaired) electrons. The normalized spacial score (nSPS) is 20.6. The Kier molecular flexibility index (Phi) is 3.77. The first kappa shape index (κ1) is 14.8. The summed E-state index contributed by atoms with van der Waals surface area (Å²) in [5.74, 6) is 10.9. The highest BCUT2D eigenvalue weighted by Crippen LogP contribution is 2.36. The van der Waals surface area contributed by atoms with Crippen molar-refractivity contribution in [3.63, 3.8) is 0 Å². The molecule has 2 rings (SSSR count). The van der Waals surface area contributed by atoms with E-state index in [-0.39, 0.29) is 11.2 Å². The number of rotatable bonds is 3. The summed E-state index contributed by atoms with van der Waals surface area (Å²) in [6.07, 6.45) is 1.34. The van der Waals surface area contributed by atoms with Crippen molar-refractivity contribution in [2.24, 2.45) is 16.8 Å². The van der Waals surface area contributed by atoms with Crippen LogP contribution in [0.2, 0.25) is 0 Å². The zero-order valence-corrected chi connectivity index (χ0v) is 12.3. The summed E-state index contributed by atoms with van der Waals surface area (Å²) in [5.41, 5.74) is 0.928. The first-order valence-corrected chi connectivity index (χ1v) is 6.50. The average molecular weight is 276 g/mol. The number of hydrogen-bond acceptors (Lipinski definition) is 5. The van der Waals surface area contributed by atoms with Gasteiger partial charge in [-0.1, -0.05) is 12.1 Å². The molecule has 0 amide bonds. The van der Waals surface area contributed by atoms with E-state index in [1.54, 1.807) is 0 Å². The summed E-state index contributed by atoms with van der Waals surface area (Å²) < 4.78 is 12.0. The molecule has 6 nitrogen and oxygen atoms in total. The predicted octanol–water partition coefficient (Wildman–Crippen LogP) is 0.568. The van der Waals surface area contributed by atoms with E-state index in [1.807, 2.05) is 52.0 Å². The third-order valence-corrected chi connectivity index (χ3v) is 3.88. The molecule has 1 saturated heterocycles. The molecule has 1 heterocycles. The highest BCUT2D eigenvalue weighted by Gasteiger charge is 2.51. The van der Waals surface area contributed by atoms with Crippen molar-refractivity contribution in [3.05, 3.63) is 24.3 Å². The van der Waals surface area contributed by atoms with Crippen LogP contribution in [-0.2, 0) is 9.31 Å². The molecule has 108 valence electrons. The Labute approximate surface area is 119 Å². The molecule has 0 spiro atoms. The molecule has 1 fully saturated rings. The molecule has 1 aliphatic heterocycles. The number of hydrazone groups is 1. The second-order valence-electron chi connectivity index (χ2n) is 5.86. The van der Waals surface area contributed by atoms with Crippen LogP contribution in [0.1, 0.15) is 27.7 Å². The SMILES string of the molecule is CC1(C)OB(c2cccc(N(N)/C=N\N)c2)OC1(C)C. The van der Waals surface area contributed by atoms with Crippen molar-refractivity contribution >= 4 is 24.6 Å². The fourth-order valence-corrected chi connectivity index (χ4v) is 1.95. The van der Waals surface area contributed by atoms with Crippen molar-refractivity contribution in [2.45, 2.75) is 38.9 Å². The molecule has 1 aromatic carbocycles. The van der Waals surface area contributed by atoms with Crippen LogP contribution >= 0.6 is 0 Å². The van der Waals surface area contributed by atoms with Gasteiger partial charge < -0.3 is 15.2 Å². The Hall–Kier alpha value is -1.57. The number of nitrogens with two attached hydrogens (primary N) is 2. The van der Waals surface area contributed by atoms with E-state index in [0.717, 1.165) is 11.2 Å². The standard InChI is InChI=1S/C13H21BN4O2/c1-12(2)13(3,4)20-14(19-12)10-6-5-7-11(8-10)18(16)9-17-15/h5-9H,15-16H2,1-4H3/b17-9-. The third-order valence-electron chi connectivity index (χ3n) is 3.88. The number of benzene rings is 1. The zero-order valence-electron chi connectivity index (χ0n) is 12.3. The van der Waals surface area contributed by atoms with E-state index in [1.165, 1.54) is 11.3 Å². The molecule has 0 atom stereocenters. The molecule has 1 aromatic rings. The third kappa shape index (κ3) is 2.65. The Morgan fingerprint density at radius 1 is 1.20 bits per heavy atom. The fourth-order valence-electron chi connectivity index (χ4n) is 1.95. The minimum atomic E-state index is -0.414. The first-order chi connectivity index (χ1) is 9.27. The van der Waals surface area contributed by atoms with E-state index >= 15 is 0 Å². The number of nitrogens with zero attached hydrogens (tertiary/aromatic N) is 2. The van der Waals surface area contributed by atoms with E-state index in [9.17, 15) is 0 Å². The van der Waals surface area contributed by atoms with Gasteiger partial charge in [0, 0.05) is 0 Å². The zero-order chi connectivity index (χ0) is 15.0. The van der Waals surface area contributed by atoms with Crippen LogP contribution in [0.4, 0.5) is 5.69 Å². The van der Waals surface area contributed by atoms with Gasteiger partial charge in [0.2, 0.25) is 0 Å². The summed E-state index contributed by atoms with van der Waals surface area (Å²) in [4.78, 5) is 0. The van der Waals surface area contributed by atoms with E-state index in [4.69, 9.17) is 21.0 Å². The maximum atomic E-state index is 6.00. The van der Waals surface area contributed by atoms with Gasteiger partial charge in [0.15, 0.2) is 0 Å². The lowest BCUT2D eigenvalue weighted by atomic mass is 9.79. The van der Waals surface area contributed by atoms with Gasteiger partial charge in [-0.05, 0) is 45.3 Å². The Balaban J connectivity index is 2.25. The van der Waals surface area contributed by atoms with Crippen molar-refractivity contribution in [1.29, 1.82) is 0 Å². The molecule has 20 heavy (non-hydrogen) atoms. The van der Waals surface area contributed by atoms with Gasteiger partial charge in [-0.25, -0.2) is 5.84 Å². The second-order valence-corrected chi connectivity index (χ2v) is 5.86. The highest BCUT2D eigenvalue weighted by atomic mass is 16.7. The van der Waals surface area contributed by atoms with Crippen LogP contribution in [0.25, 0.3) is 0 Å². The second kappa shape index (κ2) is 5.08. The Morgan fingerprint density at radius 3 is 2.35 bits per heavy atom. The van der Waals surface area contributed by atoms with Gasteiger partial charge in [-0.3, -0.25) is 5.01 Å². The van der Waals surface area contributed by atoms with E-state index < -0.39 is 7.12 Å². The molecule has 1 aliphatic rings. The molecule has 0 aliphatic carbocycles. The van der Waals surface area contributed by atoms with Crippen molar-refractivity contribution in [3.8, 4) is 0 Å². The molecular weight excluding hydrogens is 255 g/mol. The average Bonchev–Trinajstić information content (AvgIpc) is 2.59. The van der Waals surface area contributed by atoms with Gasteiger partial charge in [0.05, 0.1) is 16.9 Å². The van der Waals surface area contributed by atoms with Crippen LogP contribution in [0, 0.1) is 0 Å². The molecule has 0 saturated carbocycles. The predicted molar refractivity (Wildman–Crippen MR) is 81.5 cm³/mol. The van der Waals surface area contributed by atoms with Crippen molar-refractivity contribution < 1.29 is 9.31 Å². The van der Waals surface area contributed by atoms with E-state index in [2.05, 4.69) is 5.10 Å². The van der Waals surface area contributed by atoms with E-state index in [0.29, 0.717) is 0 Å². The van der Waals surface area contributed by atoms with Crippen molar-refractivity contribution in [2.75, 3.05) is 5.01 Å². The minimum Gasteiger partial charge on any atom is -0.399 e. The maximum absolute atomic E-state index is 6.00. The topological polar surface area (TPSA) is 86.1 Å². The van der Waals surface area contributed by atoms with Crippen LogP contribution in [-0.4, -0.2) is 24.7 Å². The summed E-state index contributed by atoms with van der Waals surface area (Å²) in [6.45, 7) is 8.08.